The maximum atomic E-state index is 13.2. The van der Waals surface area contributed by atoms with Crippen LogP contribution in [0.5, 0.6) is 0 Å². The predicted octanol–water partition coefficient (Wildman–Crippen LogP) is 5.52. The van der Waals surface area contributed by atoms with Gasteiger partial charge in [-0.25, -0.2) is 4.79 Å². The van der Waals surface area contributed by atoms with Crippen molar-refractivity contribution in [2.75, 3.05) is 6.61 Å². The standard InChI is InChI=1S/C28H23N3O2/c29-14-18-11-20(16-30-15-18)19-12-21-9-10-22(13-19)31(21)28(32)33-17-27-25-7-3-1-5-23(25)24-6-2-4-8-26(24)27/h1-8,11-12,15-16,21-22,27H,9-10,13,17H2. The molecule has 5 heteroatoms. The summed E-state index contributed by atoms with van der Waals surface area (Å²) in [5.74, 6) is 0.0645. The Morgan fingerprint density at radius 1 is 1.06 bits per heavy atom. The molecule has 1 amide bonds. The van der Waals surface area contributed by atoms with Crippen LogP contribution in [0.4, 0.5) is 4.79 Å². The fraction of sp³-hybridized carbons (Fsp3) is 0.250. The predicted molar refractivity (Wildman–Crippen MR) is 125 cm³/mol. The molecule has 1 aliphatic carbocycles. The maximum Gasteiger partial charge on any atom is 0.410 e. The van der Waals surface area contributed by atoms with Gasteiger partial charge in [0.2, 0.25) is 0 Å². The first-order chi connectivity index (χ1) is 16.2. The number of pyridine rings is 1. The second-order valence-corrected chi connectivity index (χ2v) is 8.98. The van der Waals surface area contributed by atoms with E-state index in [0.717, 1.165) is 30.4 Å². The van der Waals surface area contributed by atoms with Crippen LogP contribution in [0, 0.1) is 11.3 Å². The summed E-state index contributed by atoms with van der Waals surface area (Å²) in [6.07, 6.45) is 7.95. The molecule has 1 saturated heterocycles. The van der Waals surface area contributed by atoms with Crippen molar-refractivity contribution in [2.45, 2.75) is 37.3 Å². The summed E-state index contributed by atoms with van der Waals surface area (Å²) in [6, 6.07) is 20.9. The Bertz CT molecular complexity index is 1280. The quantitative estimate of drug-likeness (QED) is 0.545. The van der Waals surface area contributed by atoms with Gasteiger partial charge in [-0.3, -0.25) is 9.88 Å². The Morgan fingerprint density at radius 3 is 2.48 bits per heavy atom. The Morgan fingerprint density at radius 2 is 1.79 bits per heavy atom. The fourth-order valence-corrected chi connectivity index (χ4v) is 5.67. The number of nitriles is 1. The number of hydrogen-bond donors (Lipinski definition) is 0. The van der Waals surface area contributed by atoms with Crippen molar-refractivity contribution in [2.24, 2.45) is 0 Å². The van der Waals surface area contributed by atoms with E-state index in [9.17, 15) is 10.1 Å². The second kappa shape index (κ2) is 7.90. The summed E-state index contributed by atoms with van der Waals surface area (Å²) < 4.78 is 5.94. The van der Waals surface area contributed by atoms with Crippen LogP contribution in [0.2, 0.25) is 0 Å². The fourth-order valence-electron chi connectivity index (χ4n) is 5.67. The number of hydrogen-bond acceptors (Lipinski definition) is 4. The van der Waals surface area contributed by atoms with Crippen molar-refractivity contribution in [1.82, 2.24) is 9.88 Å². The highest BCUT2D eigenvalue weighted by molar-refractivity contribution is 5.79. The molecule has 33 heavy (non-hydrogen) atoms. The van der Waals surface area contributed by atoms with Crippen LogP contribution < -0.4 is 0 Å². The molecule has 0 N–H and O–H groups in total. The van der Waals surface area contributed by atoms with Gasteiger partial charge in [0.1, 0.15) is 12.7 Å². The lowest BCUT2D eigenvalue weighted by molar-refractivity contribution is 0.0866. The topological polar surface area (TPSA) is 66.2 Å². The van der Waals surface area contributed by atoms with Crippen LogP contribution in [0.25, 0.3) is 16.7 Å². The van der Waals surface area contributed by atoms with Gasteiger partial charge in [0, 0.05) is 24.4 Å². The van der Waals surface area contributed by atoms with E-state index in [4.69, 9.17) is 4.74 Å². The summed E-state index contributed by atoms with van der Waals surface area (Å²) in [5, 5.41) is 9.18. The normalized spacial score (nSPS) is 20.6. The summed E-state index contributed by atoms with van der Waals surface area (Å²) in [4.78, 5) is 19.3. The number of benzene rings is 2. The Hall–Kier alpha value is -3.91. The van der Waals surface area contributed by atoms with E-state index in [1.807, 2.05) is 23.1 Å². The molecule has 0 radical (unpaired) electrons. The first-order valence-corrected chi connectivity index (χ1v) is 11.4. The highest BCUT2D eigenvalue weighted by Crippen LogP contribution is 2.45. The number of carbonyl (C=O) groups is 1. The molecule has 3 aliphatic rings. The zero-order valence-electron chi connectivity index (χ0n) is 18.1. The van der Waals surface area contributed by atoms with Gasteiger partial charge in [-0.2, -0.15) is 5.26 Å². The maximum absolute atomic E-state index is 13.2. The van der Waals surface area contributed by atoms with Gasteiger partial charge in [-0.05, 0) is 58.7 Å². The third-order valence-corrected chi connectivity index (χ3v) is 7.18. The number of amides is 1. The summed E-state index contributed by atoms with van der Waals surface area (Å²) in [7, 11) is 0. The largest absolute Gasteiger partial charge is 0.448 e. The van der Waals surface area contributed by atoms with Crippen molar-refractivity contribution < 1.29 is 9.53 Å². The first kappa shape index (κ1) is 19.8. The number of aromatic nitrogens is 1. The molecule has 5 nitrogen and oxygen atoms in total. The molecule has 0 saturated carbocycles. The van der Waals surface area contributed by atoms with Crippen LogP contribution >= 0.6 is 0 Å². The number of fused-ring (bicyclic) bond motifs is 5. The van der Waals surface area contributed by atoms with E-state index in [1.54, 1.807) is 12.4 Å². The van der Waals surface area contributed by atoms with Gasteiger partial charge in [-0.1, -0.05) is 54.6 Å². The molecule has 2 aliphatic heterocycles. The molecule has 2 aromatic carbocycles. The van der Waals surface area contributed by atoms with Gasteiger partial charge in [0.05, 0.1) is 11.6 Å². The number of rotatable bonds is 3. The van der Waals surface area contributed by atoms with E-state index in [1.165, 1.54) is 22.3 Å². The molecule has 3 aromatic rings. The minimum atomic E-state index is -0.233. The lowest BCUT2D eigenvalue weighted by Crippen LogP contribution is -2.43. The van der Waals surface area contributed by atoms with E-state index in [0.29, 0.717) is 12.2 Å². The molecule has 1 fully saturated rings. The number of ether oxygens (including phenoxy) is 1. The molecule has 2 bridgehead atoms. The molecule has 2 atom stereocenters. The average Bonchev–Trinajstić information content (AvgIpc) is 3.33. The monoisotopic (exact) mass is 433 g/mol. The third-order valence-electron chi connectivity index (χ3n) is 7.18. The lowest BCUT2D eigenvalue weighted by atomic mass is 9.95. The van der Waals surface area contributed by atoms with Crippen LogP contribution in [0.15, 0.2) is 73.1 Å². The minimum Gasteiger partial charge on any atom is -0.448 e. The van der Waals surface area contributed by atoms with Gasteiger partial charge < -0.3 is 4.74 Å². The number of nitrogens with zero attached hydrogens (tertiary/aromatic N) is 3. The minimum absolute atomic E-state index is 0.0279. The van der Waals surface area contributed by atoms with E-state index < -0.39 is 0 Å². The van der Waals surface area contributed by atoms with Gasteiger partial charge in [0.25, 0.3) is 0 Å². The third kappa shape index (κ3) is 3.30. The van der Waals surface area contributed by atoms with Crippen molar-refractivity contribution in [1.29, 1.82) is 5.26 Å². The zero-order chi connectivity index (χ0) is 22.4. The van der Waals surface area contributed by atoms with Crippen molar-refractivity contribution >= 4 is 11.7 Å². The smallest absolute Gasteiger partial charge is 0.410 e. The Kier molecular flexibility index (Phi) is 4.73. The van der Waals surface area contributed by atoms with E-state index >= 15 is 0 Å². The summed E-state index contributed by atoms with van der Waals surface area (Å²) >= 11 is 0. The first-order valence-electron chi connectivity index (χ1n) is 11.4. The van der Waals surface area contributed by atoms with Crippen LogP contribution in [0.1, 0.15) is 47.4 Å². The molecule has 6 rings (SSSR count). The highest BCUT2D eigenvalue weighted by Gasteiger charge is 2.41. The van der Waals surface area contributed by atoms with Crippen molar-refractivity contribution in [3.05, 3.63) is 95.3 Å². The van der Waals surface area contributed by atoms with Gasteiger partial charge in [0.15, 0.2) is 0 Å². The zero-order valence-corrected chi connectivity index (χ0v) is 18.1. The van der Waals surface area contributed by atoms with Crippen molar-refractivity contribution in [3.8, 4) is 17.2 Å². The van der Waals surface area contributed by atoms with Crippen LogP contribution in [-0.4, -0.2) is 34.7 Å². The van der Waals surface area contributed by atoms with E-state index in [-0.39, 0.29) is 24.1 Å². The molecule has 2 unspecified atom stereocenters. The molecule has 3 heterocycles. The summed E-state index contributed by atoms with van der Waals surface area (Å²) in [5.41, 5.74) is 7.59. The van der Waals surface area contributed by atoms with Crippen LogP contribution in [0.3, 0.4) is 0 Å². The van der Waals surface area contributed by atoms with Gasteiger partial charge in [-0.15, -0.1) is 0 Å². The molecular weight excluding hydrogens is 410 g/mol. The average molecular weight is 434 g/mol. The van der Waals surface area contributed by atoms with Crippen LogP contribution in [-0.2, 0) is 4.74 Å². The van der Waals surface area contributed by atoms with Crippen molar-refractivity contribution in [3.63, 3.8) is 0 Å². The molecular formula is C28H23N3O2. The number of carbonyl (C=O) groups excluding carboxylic acids is 1. The Labute approximate surface area is 192 Å². The highest BCUT2D eigenvalue weighted by atomic mass is 16.6. The Balaban J connectivity index is 1.20. The lowest BCUT2D eigenvalue weighted by Gasteiger charge is -2.33. The van der Waals surface area contributed by atoms with Gasteiger partial charge >= 0.3 is 6.09 Å². The molecule has 0 spiro atoms. The molecule has 1 aromatic heterocycles. The van der Waals surface area contributed by atoms with E-state index in [2.05, 4.69) is 53.5 Å². The molecule has 162 valence electrons. The summed E-state index contributed by atoms with van der Waals surface area (Å²) in [6.45, 7) is 0.341. The second-order valence-electron chi connectivity index (χ2n) is 8.98. The SMILES string of the molecule is N#Cc1cncc(C2=CC3CCC(C2)N3C(=O)OCC2c3ccccc3-c3ccccc32)c1.